The third kappa shape index (κ3) is 2.70. The SMILES string of the molecule is Cc1ccc2c(c1)N(CCCN)C(=O)C(c1ccccc1)O2. The van der Waals surface area contributed by atoms with Crippen LogP contribution in [0, 0.1) is 6.92 Å². The van der Waals surface area contributed by atoms with Crippen LogP contribution in [-0.2, 0) is 4.79 Å². The van der Waals surface area contributed by atoms with Crippen molar-refractivity contribution in [3.8, 4) is 5.75 Å². The second-order valence-corrected chi connectivity index (χ2v) is 5.51. The molecule has 1 amide bonds. The molecule has 2 N–H and O–H groups in total. The summed E-state index contributed by atoms with van der Waals surface area (Å²) in [6, 6.07) is 15.5. The highest BCUT2D eigenvalue weighted by Crippen LogP contribution is 2.39. The van der Waals surface area contributed by atoms with Crippen molar-refractivity contribution in [2.45, 2.75) is 19.4 Å². The largest absolute Gasteiger partial charge is 0.474 e. The van der Waals surface area contributed by atoms with E-state index in [2.05, 4.69) is 0 Å². The Bertz CT molecular complexity index is 670. The smallest absolute Gasteiger partial charge is 0.272 e. The summed E-state index contributed by atoms with van der Waals surface area (Å²) < 4.78 is 5.97. The molecule has 0 spiro atoms. The number of carbonyl (C=O) groups excluding carboxylic acids is 1. The third-order valence-electron chi connectivity index (χ3n) is 3.83. The Morgan fingerprint density at radius 3 is 2.68 bits per heavy atom. The number of hydrogen-bond acceptors (Lipinski definition) is 3. The summed E-state index contributed by atoms with van der Waals surface area (Å²) in [6.45, 7) is 3.18. The van der Waals surface area contributed by atoms with Gasteiger partial charge < -0.3 is 15.4 Å². The minimum atomic E-state index is -0.589. The zero-order valence-corrected chi connectivity index (χ0v) is 12.7. The molecule has 22 heavy (non-hydrogen) atoms. The molecule has 114 valence electrons. The molecule has 0 fully saturated rings. The van der Waals surface area contributed by atoms with Crippen LogP contribution in [0.3, 0.4) is 0 Å². The molecule has 0 radical (unpaired) electrons. The minimum absolute atomic E-state index is 0.0299. The molecule has 0 aliphatic carbocycles. The van der Waals surface area contributed by atoms with E-state index in [-0.39, 0.29) is 5.91 Å². The first-order valence-corrected chi connectivity index (χ1v) is 7.54. The predicted molar refractivity (Wildman–Crippen MR) is 87.0 cm³/mol. The molecule has 4 heteroatoms. The number of nitrogens with two attached hydrogens (primary N) is 1. The standard InChI is InChI=1S/C18H20N2O2/c1-13-8-9-16-15(12-13)20(11-5-10-19)18(21)17(22-16)14-6-3-2-4-7-14/h2-4,6-9,12,17H,5,10-11,19H2,1H3. The Kier molecular flexibility index (Phi) is 4.11. The second kappa shape index (κ2) is 6.20. The maximum Gasteiger partial charge on any atom is 0.272 e. The summed E-state index contributed by atoms with van der Waals surface area (Å²) in [7, 11) is 0. The van der Waals surface area contributed by atoms with E-state index in [0.717, 1.165) is 29.0 Å². The summed E-state index contributed by atoms with van der Waals surface area (Å²) in [5.41, 5.74) is 8.43. The number of rotatable bonds is 4. The number of hydrogen-bond donors (Lipinski definition) is 1. The highest BCUT2D eigenvalue weighted by atomic mass is 16.5. The van der Waals surface area contributed by atoms with Crippen LogP contribution in [0.25, 0.3) is 0 Å². The first kappa shape index (κ1) is 14.6. The topological polar surface area (TPSA) is 55.6 Å². The van der Waals surface area contributed by atoms with Gasteiger partial charge in [-0.15, -0.1) is 0 Å². The van der Waals surface area contributed by atoms with Crippen molar-refractivity contribution in [3.05, 3.63) is 59.7 Å². The summed E-state index contributed by atoms with van der Waals surface area (Å²) in [6.07, 6.45) is 0.176. The van der Waals surface area contributed by atoms with Crippen molar-refractivity contribution in [2.75, 3.05) is 18.0 Å². The predicted octanol–water partition coefficient (Wildman–Crippen LogP) is 2.81. The van der Waals surface area contributed by atoms with Gasteiger partial charge in [0, 0.05) is 12.1 Å². The van der Waals surface area contributed by atoms with E-state index in [1.807, 2.05) is 55.5 Å². The van der Waals surface area contributed by atoms with E-state index in [9.17, 15) is 4.79 Å². The molecule has 2 aromatic rings. The van der Waals surface area contributed by atoms with Gasteiger partial charge in [0.1, 0.15) is 5.75 Å². The fraction of sp³-hybridized carbons (Fsp3) is 0.278. The first-order valence-electron chi connectivity index (χ1n) is 7.54. The quantitative estimate of drug-likeness (QED) is 0.944. The maximum absolute atomic E-state index is 12.9. The lowest BCUT2D eigenvalue weighted by Crippen LogP contribution is -2.42. The van der Waals surface area contributed by atoms with Crippen molar-refractivity contribution >= 4 is 11.6 Å². The lowest BCUT2D eigenvalue weighted by atomic mass is 10.0. The van der Waals surface area contributed by atoms with Crippen LogP contribution in [-0.4, -0.2) is 19.0 Å². The Morgan fingerprint density at radius 2 is 1.95 bits per heavy atom. The van der Waals surface area contributed by atoms with Crippen LogP contribution in [0.1, 0.15) is 23.7 Å². The van der Waals surface area contributed by atoms with Gasteiger partial charge in [-0.2, -0.15) is 0 Å². The van der Waals surface area contributed by atoms with Gasteiger partial charge >= 0.3 is 0 Å². The average molecular weight is 296 g/mol. The highest BCUT2D eigenvalue weighted by molar-refractivity contribution is 6.00. The van der Waals surface area contributed by atoms with Gasteiger partial charge in [-0.1, -0.05) is 36.4 Å². The van der Waals surface area contributed by atoms with Crippen LogP contribution in [0.4, 0.5) is 5.69 Å². The zero-order chi connectivity index (χ0) is 15.5. The Hall–Kier alpha value is -2.33. The van der Waals surface area contributed by atoms with Gasteiger partial charge in [-0.05, 0) is 37.6 Å². The number of nitrogens with zero attached hydrogens (tertiary/aromatic N) is 1. The Morgan fingerprint density at radius 1 is 1.18 bits per heavy atom. The fourth-order valence-corrected chi connectivity index (χ4v) is 2.69. The molecule has 2 aromatic carbocycles. The van der Waals surface area contributed by atoms with E-state index >= 15 is 0 Å². The van der Waals surface area contributed by atoms with Crippen LogP contribution in [0.5, 0.6) is 5.75 Å². The zero-order valence-electron chi connectivity index (χ0n) is 12.7. The average Bonchev–Trinajstić information content (AvgIpc) is 2.54. The number of aryl methyl sites for hydroxylation is 1. The molecule has 4 nitrogen and oxygen atoms in total. The molecule has 1 atom stereocenters. The number of ether oxygens (including phenoxy) is 1. The molecule has 1 aliphatic heterocycles. The van der Waals surface area contributed by atoms with E-state index in [0.29, 0.717) is 13.1 Å². The van der Waals surface area contributed by atoms with Gasteiger partial charge in [-0.3, -0.25) is 4.79 Å². The van der Waals surface area contributed by atoms with E-state index < -0.39 is 6.10 Å². The van der Waals surface area contributed by atoms with Crippen LogP contribution in [0.15, 0.2) is 48.5 Å². The van der Waals surface area contributed by atoms with E-state index in [1.54, 1.807) is 4.90 Å². The lowest BCUT2D eigenvalue weighted by molar-refractivity contribution is -0.126. The molecule has 1 heterocycles. The molecule has 1 unspecified atom stereocenters. The van der Waals surface area contributed by atoms with E-state index in [4.69, 9.17) is 10.5 Å². The molecule has 3 rings (SSSR count). The highest BCUT2D eigenvalue weighted by Gasteiger charge is 2.35. The molecule has 0 saturated carbocycles. The lowest BCUT2D eigenvalue weighted by Gasteiger charge is -2.34. The van der Waals surface area contributed by atoms with Crippen molar-refractivity contribution in [1.29, 1.82) is 0 Å². The molecule has 0 aromatic heterocycles. The summed E-state index contributed by atoms with van der Waals surface area (Å²) >= 11 is 0. The number of fused-ring (bicyclic) bond motifs is 1. The molecular formula is C18H20N2O2. The molecule has 0 bridgehead atoms. The monoisotopic (exact) mass is 296 g/mol. The van der Waals surface area contributed by atoms with Crippen molar-refractivity contribution < 1.29 is 9.53 Å². The van der Waals surface area contributed by atoms with Crippen molar-refractivity contribution in [1.82, 2.24) is 0 Å². The maximum atomic E-state index is 12.9. The number of amides is 1. The van der Waals surface area contributed by atoms with Crippen molar-refractivity contribution in [3.63, 3.8) is 0 Å². The van der Waals surface area contributed by atoms with Gasteiger partial charge in [0.2, 0.25) is 6.10 Å². The van der Waals surface area contributed by atoms with Crippen LogP contribution >= 0.6 is 0 Å². The summed E-state index contributed by atoms with van der Waals surface area (Å²) in [4.78, 5) is 14.7. The number of benzene rings is 2. The molecule has 1 aliphatic rings. The normalized spacial score (nSPS) is 17.1. The van der Waals surface area contributed by atoms with Gasteiger partial charge in [0.05, 0.1) is 5.69 Å². The second-order valence-electron chi connectivity index (χ2n) is 5.51. The molecule has 0 saturated heterocycles. The summed E-state index contributed by atoms with van der Waals surface area (Å²) in [5.74, 6) is 0.717. The minimum Gasteiger partial charge on any atom is -0.474 e. The third-order valence-corrected chi connectivity index (χ3v) is 3.83. The Labute approximate surface area is 130 Å². The van der Waals surface area contributed by atoms with Crippen molar-refractivity contribution in [2.24, 2.45) is 5.73 Å². The van der Waals surface area contributed by atoms with Gasteiger partial charge in [-0.25, -0.2) is 0 Å². The number of anilines is 1. The van der Waals surface area contributed by atoms with Crippen LogP contribution in [0.2, 0.25) is 0 Å². The fourth-order valence-electron chi connectivity index (χ4n) is 2.69. The van der Waals surface area contributed by atoms with Gasteiger partial charge in [0.25, 0.3) is 5.91 Å². The summed E-state index contributed by atoms with van der Waals surface area (Å²) in [5, 5.41) is 0. The number of carbonyl (C=O) groups is 1. The molecular weight excluding hydrogens is 276 g/mol. The Balaban J connectivity index is 2.01. The van der Waals surface area contributed by atoms with Crippen LogP contribution < -0.4 is 15.4 Å². The van der Waals surface area contributed by atoms with Gasteiger partial charge in [0.15, 0.2) is 0 Å². The van der Waals surface area contributed by atoms with E-state index in [1.165, 1.54) is 0 Å². The first-order chi connectivity index (χ1) is 10.7.